The van der Waals surface area contributed by atoms with E-state index >= 15 is 0 Å². The van der Waals surface area contributed by atoms with Crippen LogP contribution in [0.5, 0.6) is 0 Å². The molecular formula is C36H36NO4P. The van der Waals surface area contributed by atoms with E-state index in [4.69, 9.17) is 4.74 Å². The average molecular weight is 578 g/mol. The molecule has 0 aromatic heterocycles. The zero-order valence-electron chi connectivity index (χ0n) is 24.0. The molecule has 1 fully saturated rings. The number of nitrogens with zero attached hydrogens (tertiary/aromatic N) is 1. The Morgan fingerprint density at radius 3 is 1.67 bits per heavy atom. The van der Waals surface area contributed by atoms with Gasteiger partial charge in [-0.05, 0) is 41.7 Å². The standard InChI is InChI=1S/C36H36NO4P/c1-4-17-31-32(36(2,3)40)33(38)37(31)34(35(39)41-26-27-18-9-5-10-19-27)42(28-20-11-6-12-21-28,29-22-13-7-14-23-29)30-24-15-8-16-25-30/h4-16,18-25,31-32,40H,1,17,26H2,2-3H3/t31-,32-/m0/s1. The van der Waals surface area contributed by atoms with Gasteiger partial charge in [-0.25, -0.2) is 4.79 Å². The molecule has 6 heteroatoms. The molecule has 0 bridgehead atoms. The van der Waals surface area contributed by atoms with E-state index in [9.17, 15) is 14.7 Å². The van der Waals surface area contributed by atoms with Gasteiger partial charge in [-0.15, -0.1) is 6.58 Å². The molecule has 42 heavy (non-hydrogen) atoms. The smallest absolute Gasteiger partial charge is 0.356 e. The number of likely N-dealkylation sites (tertiary alicyclic amines) is 1. The third-order valence-corrected chi connectivity index (χ3v) is 12.0. The topological polar surface area (TPSA) is 66.8 Å². The van der Waals surface area contributed by atoms with E-state index in [1.54, 1.807) is 24.8 Å². The maximum Gasteiger partial charge on any atom is 0.356 e. The van der Waals surface area contributed by atoms with Crippen molar-refractivity contribution in [3.05, 3.63) is 140 Å². The summed E-state index contributed by atoms with van der Waals surface area (Å²) in [5.74, 6) is -1.55. The number of hydrogen-bond donors (Lipinski definition) is 1. The Bertz CT molecular complexity index is 1490. The molecule has 0 aliphatic carbocycles. The van der Waals surface area contributed by atoms with E-state index in [1.165, 1.54) is 0 Å². The molecule has 4 aromatic carbocycles. The van der Waals surface area contributed by atoms with Crippen molar-refractivity contribution in [2.24, 2.45) is 5.92 Å². The summed E-state index contributed by atoms with van der Waals surface area (Å²) in [6.07, 6.45) is 2.15. The van der Waals surface area contributed by atoms with E-state index in [0.29, 0.717) is 11.8 Å². The lowest BCUT2D eigenvalue weighted by molar-refractivity contribution is -0.165. The Morgan fingerprint density at radius 2 is 1.26 bits per heavy atom. The Labute approximate surface area is 248 Å². The predicted molar refractivity (Wildman–Crippen MR) is 172 cm³/mol. The summed E-state index contributed by atoms with van der Waals surface area (Å²) >= 11 is 0. The van der Waals surface area contributed by atoms with Gasteiger partial charge in [0.2, 0.25) is 5.91 Å². The monoisotopic (exact) mass is 577 g/mol. The normalized spacial score (nSPS) is 16.8. The minimum Gasteiger partial charge on any atom is -0.456 e. The van der Waals surface area contributed by atoms with Crippen molar-refractivity contribution in [2.75, 3.05) is 0 Å². The van der Waals surface area contributed by atoms with Gasteiger partial charge < -0.3 is 14.7 Å². The fourth-order valence-corrected chi connectivity index (χ4v) is 10.3. The van der Waals surface area contributed by atoms with Gasteiger partial charge in [-0.3, -0.25) is 4.79 Å². The van der Waals surface area contributed by atoms with Gasteiger partial charge >= 0.3 is 5.97 Å². The molecule has 0 spiro atoms. The minimum atomic E-state index is -3.01. The number of esters is 1. The van der Waals surface area contributed by atoms with Crippen molar-refractivity contribution in [3.63, 3.8) is 0 Å². The van der Waals surface area contributed by atoms with E-state index < -0.39 is 30.4 Å². The summed E-state index contributed by atoms with van der Waals surface area (Å²) in [5.41, 5.74) is -0.132. The van der Waals surface area contributed by atoms with Crippen molar-refractivity contribution >= 4 is 40.1 Å². The van der Waals surface area contributed by atoms with Gasteiger partial charge in [0.1, 0.15) is 12.0 Å². The van der Waals surface area contributed by atoms with Gasteiger partial charge in [0.15, 0.2) is 0 Å². The lowest BCUT2D eigenvalue weighted by Crippen LogP contribution is -2.70. The van der Waals surface area contributed by atoms with Crippen LogP contribution in [-0.4, -0.2) is 38.9 Å². The van der Waals surface area contributed by atoms with E-state index in [0.717, 1.165) is 21.5 Å². The zero-order chi connectivity index (χ0) is 29.7. The number of rotatable bonds is 10. The van der Waals surface area contributed by atoms with Crippen LogP contribution in [0.2, 0.25) is 0 Å². The molecule has 1 aliphatic rings. The first-order valence-corrected chi connectivity index (χ1v) is 15.9. The van der Waals surface area contributed by atoms with Crippen LogP contribution in [0, 0.1) is 5.92 Å². The molecule has 1 heterocycles. The molecule has 0 unspecified atom stereocenters. The molecule has 1 amide bonds. The van der Waals surface area contributed by atoms with Gasteiger partial charge in [0.25, 0.3) is 0 Å². The third-order valence-electron chi connectivity index (χ3n) is 7.76. The highest BCUT2D eigenvalue weighted by Crippen LogP contribution is 2.50. The number of carbonyl (C=O) groups is 2. The number of β-lactam (4-membered cyclic amide) rings is 1. The summed E-state index contributed by atoms with van der Waals surface area (Å²) in [7, 11) is 0. The summed E-state index contributed by atoms with van der Waals surface area (Å²) in [6.45, 7) is 4.28. The second kappa shape index (κ2) is 12.4. The van der Waals surface area contributed by atoms with Crippen molar-refractivity contribution < 1.29 is 19.4 Å². The van der Waals surface area contributed by atoms with Gasteiger partial charge in [0, 0.05) is 6.89 Å². The van der Waals surface area contributed by atoms with E-state index in [2.05, 4.69) is 6.58 Å². The quantitative estimate of drug-likeness (QED) is 0.124. The fraction of sp³-hybridized carbons (Fsp3) is 0.194. The number of ether oxygens (including phenoxy) is 1. The maximum absolute atomic E-state index is 14.7. The highest BCUT2D eigenvalue weighted by molar-refractivity contribution is 7.96. The Balaban J connectivity index is 1.88. The molecule has 214 valence electrons. The van der Waals surface area contributed by atoms with Crippen molar-refractivity contribution in [1.29, 1.82) is 0 Å². The van der Waals surface area contributed by atoms with Crippen molar-refractivity contribution in [1.82, 2.24) is 4.90 Å². The van der Waals surface area contributed by atoms with Gasteiger partial charge in [-0.1, -0.05) is 127 Å². The fourth-order valence-electron chi connectivity index (χ4n) is 5.94. The van der Waals surface area contributed by atoms with Gasteiger partial charge in [0.05, 0.1) is 17.6 Å². The largest absolute Gasteiger partial charge is 0.456 e. The Morgan fingerprint density at radius 1 is 0.833 bits per heavy atom. The number of carbonyl (C=O) groups excluding carboxylic acids is 2. The summed E-state index contributed by atoms with van der Waals surface area (Å²) in [6, 6.07) is 38.8. The second-order valence-corrected chi connectivity index (χ2v) is 14.3. The molecule has 0 saturated carbocycles. The summed E-state index contributed by atoms with van der Waals surface area (Å²) < 4.78 is 6.08. The molecule has 4 aromatic rings. The predicted octanol–water partition coefficient (Wildman–Crippen LogP) is 5.03. The molecule has 5 rings (SSSR count). The first kappa shape index (κ1) is 29.3. The lowest BCUT2D eigenvalue weighted by atomic mass is 9.74. The number of amides is 1. The maximum atomic E-state index is 14.7. The number of benzene rings is 4. The molecular weight excluding hydrogens is 541 g/mol. The van der Waals surface area contributed by atoms with Crippen LogP contribution in [0.1, 0.15) is 25.8 Å². The van der Waals surface area contributed by atoms with Crippen LogP contribution in [0.25, 0.3) is 0 Å². The molecule has 1 aliphatic heterocycles. The van der Waals surface area contributed by atoms with Crippen LogP contribution in [0.3, 0.4) is 0 Å². The van der Waals surface area contributed by atoms with Crippen molar-refractivity contribution in [2.45, 2.75) is 38.5 Å². The van der Waals surface area contributed by atoms with Crippen LogP contribution in [0.4, 0.5) is 0 Å². The summed E-state index contributed by atoms with van der Waals surface area (Å²) in [5, 5.41) is 13.8. The SMILES string of the molecule is C=CC[C@H]1[C@H](C(C)(C)O)C(=O)N1C(C(=O)OCc1ccccc1)=P(c1ccccc1)(c1ccccc1)c1ccccc1. The molecule has 1 N–H and O–H groups in total. The van der Waals surface area contributed by atoms with Crippen LogP contribution in [0.15, 0.2) is 134 Å². The van der Waals surface area contributed by atoms with E-state index in [-0.39, 0.29) is 12.5 Å². The second-order valence-electron chi connectivity index (χ2n) is 11.0. The average Bonchev–Trinajstić information content (AvgIpc) is 3.01. The molecule has 1 saturated heterocycles. The first-order valence-electron chi connectivity index (χ1n) is 14.1. The molecule has 5 nitrogen and oxygen atoms in total. The van der Waals surface area contributed by atoms with Crippen molar-refractivity contribution in [3.8, 4) is 0 Å². The molecule has 2 atom stereocenters. The highest BCUT2D eigenvalue weighted by Gasteiger charge is 2.57. The Kier molecular flexibility index (Phi) is 8.63. The molecule has 0 radical (unpaired) electrons. The lowest BCUT2D eigenvalue weighted by Gasteiger charge is -2.53. The van der Waals surface area contributed by atoms with Crippen LogP contribution >= 0.6 is 6.89 Å². The van der Waals surface area contributed by atoms with Crippen LogP contribution in [-0.2, 0) is 20.9 Å². The highest BCUT2D eigenvalue weighted by atomic mass is 31.2. The minimum absolute atomic E-state index is 0.0601. The third kappa shape index (κ3) is 5.38. The zero-order valence-corrected chi connectivity index (χ0v) is 24.9. The number of aliphatic hydroxyl groups is 1. The first-order chi connectivity index (χ1) is 20.3. The van der Waals surface area contributed by atoms with Crippen LogP contribution < -0.4 is 15.9 Å². The summed E-state index contributed by atoms with van der Waals surface area (Å²) in [4.78, 5) is 30.4. The van der Waals surface area contributed by atoms with Gasteiger partial charge in [-0.2, -0.15) is 0 Å². The van der Waals surface area contributed by atoms with E-state index in [1.807, 2.05) is 121 Å². The number of hydrogen-bond acceptors (Lipinski definition) is 4. The Hall–Kier alpha value is -4.18.